The highest BCUT2D eigenvalue weighted by Crippen LogP contribution is 2.20. The Labute approximate surface area is 117 Å². The molecule has 1 heterocycles. The number of anilines is 1. The third-order valence-electron chi connectivity index (χ3n) is 2.71. The molecule has 1 aliphatic heterocycles. The lowest BCUT2D eigenvalue weighted by atomic mass is 10.2. The van der Waals surface area contributed by atoms with Crippen LogP contribution in [0, 0.1) is 0 Å². The smallest absolute Gasteiger partial charge is 0.356 e. The summed E-state index contributed by atoms with van der Waals surface area (Å²) < 4.78 is 4.99. The number of hydrogen-bond acceptors (Lipinski definition) is 5. The van der Waals surface area contributed by atoms with Crippen LogP contribution in [0.5, 0.6) is 0 Å². The van der Waals surface area contributed by atoms with E-state index >= 15 is 0 Å². The fraction of sp³-hybridized carbons (Fsp3) is 0.385. The van der Waals surface area contributed by atoms with Gasteiger partial charge in [0.25, 0.3) is 0 Å². The Kier molecular flexibility index (Phi) is 4.27. The van der Waals surface area contributed by atoms with Crippen LogP contribution < -0.4 is 4.90 Å². The Morgan fingerprint density at radius 2 is 2.11 bits per heavy atom. The van der Waals surface area contributed by atoms with E-state index in [1.54, 1.807) is 11.9 Å². The molecule has 0 amide bonds. The monoisotopic (exact) mass is 281 g/mol. The highest BCUT2D eigenvalue weighted by molar-refractivity contribution is 6.38. The van der Waals surface area contributed by atoms with Crippen LogP contribution in [0.1, 0.15) is 6.92 Å². The molecule has 102 valence electrons. The summed E-state index contributed by atoms with van der Waals surface area (Å²) in [6.07, 6.45) is 0. The molecule has 0 unspecified atom stereocenters. The number of benzene rings is 1. The molecular formula is C13H16ClN3O2. The third kappa shape index (κ3) is 3.38. The zero-order chi connectivity index (χ0) is 13.8. The van der Waals surface area contributed by atoms with Gasteiger partial charge in [-0.2, -0.15) is 5.10 Å². The molecule has 0 N–H and O–H groups in total. The number of ether oxygens (including phenoxy) is 1. The second kappa shape index (κ2) is 5.93. The van der Waals surface area contributed by atoms with Crippen LogP contribution in [0.4, 0.5) is 5.69 Å². The zero-order valence-electron chi connectivity index (χ0n) is 11.0. The van der Waals surface area contributed by atoms with Crippen LogP contribution >= 0.6 is 11.6 Å². The Morgan fingerprint density at radius 1 is 1.42 bits per heavy atom. The molecule has 0 aromatic heterocycles. The normalized spacial score (nSPS) is 15.2. The summed E-state index contributed by atoms with van der Waals surface area (Å²) in [6.45, 7) is 3.18. The molecule has 1 aromatic rings. The van der Waals surface area contributed by atoms with E-state index in [1.807, 2.05) is 36.2 Å². The van der Waals surface area contributed by atoms with E-state index in [0.29, 0.717) is 30.6 Å². The molecule has 1 aliphatic rings. The molecule has 19 heavy (non-hydrogen) atoms. The first-order valence-corrected chi connectivity index (χ1v) is 6.44. The van der Waals surface area contributed by atoms with Crippen LogP contribution in [-0.4, -0.2) is 43.6 Å². The van der Waals surface area contributed by atoms with Crippen molar-refractivity contribution in [3.05, 3.63) is 29.3 Å². The SMILES string of the molecule is CCOC(=O)C1=NN(C)CN(c2ccc(Cl)cc2)C1. The lowest BCUT2D eigenvalue weighted by Crippen LogP contribution is -2.45. The fourth-order valence-corrected chi connectivity index (χ4v) is 2.02. The van der Waals surface area contributed by atoms with Crippen LogP contribution in [-0.2, 0) is 9.53 Å². The molecule has 1 aromatic carbocycles. The van der Waals surface area contributed by atoms with Gasteiger partial charge in [0.1, 0.15) is 6.67 Å². The Balaban J connectivity index is 2.15. The number of carbonyl (C=O) groups is 1. The highest BCUT2D eigenvalue weighted by Gasteiger charge is 2.23. The summed E-state index contributed by atoms with van der Waals surface area (Å²) in [7, 11) is 1.82. The molecule has 0 radical (unpaired) electrons. The van der Waals surface area contributed by atoms with Crippen molar-refractivity contribution in [2.24, 2.45) is 5.10 Å². The molecular weight excluding hydrogens is 266 g/mol. The Bertz CT molecular complexity index is 487. The van der Waals surface area contributed by atoms with Gasteiger partial charge >= 0.3 is 5.97 Å². The van der Waals surface area contributed by atoms with Crippen molar-refractivity contribution in [3.63, 3.8) is 0 Å². The third-order valence-corrected chi connectivity index (χ3v) is 2.96. The second-order valence-electron chi connectivity index (χ2n) is 4.24. The largest absolute Gasteiger partial charge is 0.461 e. The minimum absolute atomic E-state index is 0.350. The van der Waals surface area contributed by atoms with E-state index < -0.39 is 0 Å². The summed E-state index contributed by atoms with van der Waals surface area (Å²) in [5, 5.41) is 6.60. The van der Waals surface area contributed by atoms with Crippen molar-refractivity contribution >= 4 is 29.0 Å². The summed E-state index contributed by atoms with van der Waals surface area (Å²) in [5.41, 5.74) is 1.40. The average molecular weight is 282 g/mol. The van der Waals surface area contributed by atoms with Crippen molar-refractivity contribution in [2.45, 2.75) is 6.92 Å². The Morgan fingerprint density at radius 3 is 2.74 bits per heavy atom. The molecule has 0 atom stereocenters. The van der Waals surface area contributed by atoms with Crippen molar-refractivity contribution in [1.82, 2.24) is 5.01 Å². The number of hydrogen-bond donors (Lipinski definition) is 0. The minimum atomic E-state index is -0.368. The van der Waals surface area contributed by atoms with E-state index in [9.17, 15) is 4.79 Å². The first-order valence-electron chi connectivity index (χ1n) is 6.06. The maximum atomic E-state index is 11.7. The topological polar surface area (TPSA) is 45.1 Å². The molecule has 0 saturated heterocycles. The second-order valence-corrected chi connectivity index (χ2v) is 4.68. The molecule has 0 bridgehead atoms. The molecule has 2 rings (SSSR count). The summed E-state index contributed by atoms with van der Waals surface area (Å²) in [6, 6.07) is 7.49. The first-order chi connectivity index (χ1) is 9.10. The van der Waals surface area contributed by atoms with Crippen LogP contribution in [0.3, 0.4) is 0 Å². The first kappa shape index (κ1) is 13.7. The molecule has 0 aliphatic carbocycles. The van der Waals surface area contributed by atoms with Crippen molar-refractivity contribution < 1.29 is 9.53 Å². The van der Waals surface area contributed by atoms with Gasteiger partial charge in [0.05, 0.1) is 13.2 Å². The van der Waals surface area contributed by atoms with E-state index in [-0.39, 0.29) is 5.97 Å². The molecule has 0 saturated carbocycles. The maximum Gasteiger partial charge on any atom is 0.356 e. The van der Waals surface area contributed by atoms with E-state index in [2.05, 4.69) is 5.10 Å². The standard InChI is InChI=1S/C13H16ClN3O2/c1-3-19-13(18)12-8-17(9-16(2)15-12)11-6-4-10(14)5-7-11/h4-7H,3,8-9H2,1-2H3. The number of carbonyl (C=O) groups excluding carboxylic acids is 1. The van der Waals surface area contributed by atoms with Crippen molar-refractivity contribution in [2.75, 3.05) is 31.8 Å². The Hall–Kier alpha value is -1.75. The molecule has 5 nitrogen and oxygen atoms in total. The van der Waals surface area contributed by atoms with E-state index in [1.165, 1.54) is 0 Å². The van der Waals surface area contributed by atoms with Gasteiger partial charge in [0.2, 0.25) is 0 Å². The van der Waals surface area contributed by atoms with E-state index in [4.69, 9.17) is 16.3 Å². The summed E-state index contributed by atoms with van der Waals surface area (Å²) in [4.78, 5) is 13.8. The lowest BCUT2D eigenvalue weighted by molar-refractivity contribution is -0.135. The number of nitrogens with zero attached hydrogens (tertiary/aromatic N) is 3. The predicted octanol–water partition coefficient (Wildman–Crippen LogP) is 1.97. The van der Waals surface area contributed by atoms with Crippen LogP contribution in [0.15, 0.2) is 29.4 Å². The maximum absolute atomic E-state index is 11.7. The lowest BCUT2D eigenvalue weighted by Gasteiger charge is -2.33. The summed E-state index contributed by atoms with van der Waals surface area (Å²) >= 11 is 5.87. The number of hydrazone groups is 1. The van der Waals surface area contributed by atoms with Gasteiger partial charge < -0.3 is 9.64 Å². The van der Waals surface area contributed by atoms with Crippen LogP contribution in [0.25, 0.3) is 0 Å². The van der Waals surface area contributed by atoms with Gasteiger partial charge in [-0.3, -0.25) is 5.01 Å². The molecule has 0 spiro atoms. The predicted molar refractivity (Wildman–Crippen MR) is 75.5 cm³/mol. The van der Waals surface area contributed by atoms with Gasteiger partial charge in [-0.15, -0.1) is 0 Å². The van der Waals surface area contributed by atoms with Crippen LogP contribution in [0.2, 0.25) is 5.02 Å². The summed E-state index contributed by atoms with van der Waals surface area (Å²) in [5.74, 6) is -0.368. The average Bonchev–Trinajstić information content (AvgIpc) is 2.39. The van der Waals surface area contributed by atoms with Gasteiger partial charge in [-0.1, -0.05) is 11.6 Å². The quantitative estimate of drug-likeness (QED) is 0.795. The number of esters is 1. The van der Waals surface area contributed by atoms with Gasteiger partial charge in [-0.05, 0) is 31.2 Å². The molecule has 6 heteroatoms. The fourth-order valence-electron chi connectivity index (χ4n) is 1.89. The number of rotatable bonds is 3. The van der Waals surface area contributed by atoms with Crippen molar-refractivity contribution in [1.29, 1.82) is 0 Å². The highest BCUT2D eigenvalue weighted by atomic mass is 35.5. The van der Waals surface area contributed by atoms with Gasteiger partial charge in [-0.25, -0.2) is 4.79 Å². The van der Waals surface area contributed by atoms with Gasteiger partial charge in [0, 0.05) is 17.8 Å². The van der Waals surface area contributed by atoms with E-state index in [0.717, 1.165) is 5.69 Å². The zero-order valence-corrected chi connectivity index (χ0v) is 11.7. The minimum Gasteiger partial charge on any atom is -0.461 e. The molecule has 0 fully saturated rings. The van der Waals surface area contributed by atoms with Gasteiger partial charge in [0.15, 0.2) is 5.71 Å². The number of halogens is 1. The van der Waals surface area contributed by atoms with Crippen molar-refractivity contribution in [3.8, 4) is 0 Å².